The maximum atomic E-state index is 14.1. The highest BCUT2D eigenvalue weighted by molar-refractivity contribution is 7.79. The minimum Gasteiger partial charge on any atom is -0.313 e. The van der Waals surface area contributed by atoms with Gasteiger partial charge in [-0.2, -0.15) is 10.2 Å². The van der Waals surface area contributed by atoms with Crippen LogP contribution in [0.2, 0.25) is 0 Å². The average molecular weight is 647 g/mol. The summed E-state index contributed by atoms with van der Waals surface area (Å²) in [7, 11) is -6.41. The normalized spacial score (nSPS) is 11.8. The van der Waals surface area contributed by atoms with E-state index in [0.717, 1.165) is 0 Å². The largest absolute Gasteiger partial charge is 0.313 e. The Morgan fingerprint density at radius 3 is 0.978 bits per heavy atom. The highest BCUT2D eigenvalue weighted by atomic mass is 31.2. The number of hydrazone groups is 2. The maximum Gasteiger partial charge on any atom is 0.248 e. The second-order valence-electron chi connectivity index (χ2n) is 10.4. The van der Waals surface area contributed by atoms with E-state index in [4.69, 9.17) is 0 Å². The van der Waals surface area contributed by atoms with Crippen molar-refractivity contribution < 1.29 is 18.7 Å². The van der Waals surface area contributed by atoms with Crippen LogP contribution in [0.3, 0.4) is 0 Å². The lowest BCUT2D eigenvalue weighted by molar-refractivity contribution is -0.119. The fraction of sp³-hybridized carbons (Fsp3) is 0.0556. The van der Waals surface area contributed by atoms with E-state index >= 15 is 0 Å². The lowest BCUT2D eigenvalue weighted by Gasteiger charge is -2.18. The van der Waals surface area contributed by atoms with Crippen LogP contribution in [0, 0.1) is 0 Å². The number of nitrogens with zero attached hydrogens (tertiary/aromatic N) is 2. The highest BCUT2D eigenvalue weighted by Crippen LogP contribution is 2.43. The summed E-state index contributed by atoms with van der Waals surface area (Å²) in [5.74, 6) is -0.924. The van der Waals surface area contributed by atoms with Crippen LogP contribution < -0.4 is 32.1 Å². The van der Waals surface area contributed by atoms with Crippen LogP contribution >= 0.6 is 14.3 Å². The van der Waals surface area contributed by atoms with Crippen molar-refractivity contribution >= 4 is 59.7 Å². The van der Waals surface area contributed by atoms with Gasteiger partial charge in [-0.1, -0.05) is 146 Å². The smallest absolute Gasteiger partial charge is 0.248 e. The lowest BCUT2D eigenvalue weighted by atomic mass is 10.2. The van der Waals surface area contributed by atoms with Crippen LogP contribution in [0.1, 0.15) is 11.1 Å². The number of nitrogens with one attached hydrogen (secondary N) is 2. The number of rotatable bonds is 12. The first-order valence-corrected chi connectivity index (χ1v) is 18.3. The van der Waals surface area contributed by atoms with Gasteiger partial charge in [0.2, 0.25) is 11.8 Å². The summed E-state index contributed by atoms with van der Waals surface area (Å²) in [6, 6.07) is 43.1. The summed E-state index contributed by atoms with van der Waals surface area (Å²) in [4.78, 5) is 25.6. The molecule has 46 heavy (non-hydrogen) atoms. The van der Waals surface area contributed by atoms with E-state index in [1.807, 2.05) is 24.3 Å². The van der Waals surface area contributed by atoms with Gasteiger partial charge in [-0.15, -0.1) is 0 Å². The van der Waals surface area contributed by atoms with Crippen LogP contribution in [0.5, 0.6) is 0 Å². The van der Waals surface area contributed by atoms with E-state index in [-0.39, 0.29) is 12.3 Å². The van der Waals surface area contributed by atoms with Crippen LogP contribution in [-0.2, 0) is 18.7 Å². The Bertz CT molecular complexity index is 1690. The first kappa shape index (κ1) is 32.2. The quantitative estimate of drug-likeness (QED) is 0.117. The molecule has 0 aliphatic heterocycles. The Kier molecular flexibility index (Phi) is 10.7. The van der Waals surface area contributed by atoms with Gasteiger partial charge < -0.3 is 9.13 Å². The zero-order chi connectivity index (χ0) is 32.2. The van der Waals surface area contributed by atoms with Crippen LogP contribution in [0.15, 0.2) is 156 Å². The minimum absolute atomic E-state index is 0.217. The van der Waals surface area contributed by atoms with Crippen molar-refractivity contribution in [1.29, 1.82) is 0 Å². The molecule has 2 amide bonds. The summed E-state index contributed by atoms with van der Waals surface area (Å²) >= 11 is 0. The molecular formula is C36H32N4O4P2. The Morgan fingerprint density at radius 1 is 0.457 bits per heavy atom. The van der Waals surface area contributed by atoms with Gasteiger partial charge in [0.1, 0.15) is 0 Å². The van der Waals surface area contributed by atoms with Crippen LogP contribution in [0.4, 0.5) is 0 Å². The minimum atomic E-state index is -3.21. The van der Waals surface area contributed by atoms with Crippen LogP contribution in [0.25, 0.3) is 0 Å². The Hall–Kier alpha value is -5.16. The van der Waals surface area contributed by atoms with Gasteiger partial charge in [0.15, 0.2) is 14.3 Å². The molecular weight excluding hydrogens is 614 g/mol. The number of carbonyl (C=O) groups excluding carboxylic acids is 2. The molecule has 0 aliphatic carbocycles. The molecule has 8 nitrogen and oxygen atoms in total. The van der Waals surface area contributed by atoms with E-state index in [1.165, 1.54) is 12.4 Å². The van der Waals surface area contributed by atoms with Gasteiger partial charge >= 0.3 is 0 Å². The molecule has 0 saturated carbocycles. The third-order valence-corrected chi connectivity index (χ3v) is 13.2. The Balaban J connectivity index is 1.17. The number of hydrogen-bond donors (Lipinski definition) is 2. The van der Waals surface area contributed by atoms with Gasteiger partial charge in [-0.3, -0.25) is 9.59 Å². The van der Waals surface area contributed by atoms with E-state index in [1.54, 1.807) is 121 Å². The first-order chi connectivity index (χ1) is 22.4. The summed E-state index contributed by atoms with van der Waals surface area (Å²) in [5, 5.41) is 10.5. The molecule has 0 aliphatic rings. The topological polar surface area (TPSA) is 117 Å². The molecule has 0 atom stereocenters. The molecule has 0 unspecified atom stereocenters. The molecule has 0 spiro atoms. The van der Waals surface area contributed by atoms with Crippen molar-refractivity contribution in [3.63, 3.8) is 0 Å². The standard InChI is InChI=1S/C36H32N4O4P2/c41-35(27-45(43,31-13-5-1-6-14-31)32-15-7-2-8-16-32)39-37-25-29-21-23-30(24-22-29)26-38-40-36(42)28-46(44,33-17-9-3-10-18-33)34-19-11-4-12-20-34/h1-26H,27-28H2,(H,39,41)(H,40,42)/b37-25+,38-26+. The van der Waals surface area contributed by atoms with E-state index in [2.05, 4.69) is 21.1 Å². The monoisotopic (exact) mass is 646 g/mol. The molecule has 5 aromatic carbocycles. The molecule has 10 heteroatoms. The van der Waals surface area contributed by atoms with Gasteiger partial charge in [0.25, 0.3) is 0 Å². The number of carbonyl (C=O) groups is 2. The molecule has 0 radical (unpaired) electrons. The van der Waals surface area contributed by atoms with E-state index in [0.29, 0.717) is 32.3 Å². The average Bonchev–Trinajstić information content (AvgIpc) is 3.10. The van der Waals surface area contributed by atoms with Crippen molar-refractivity contribution in [1.82, 2.24) is 10.9 Å². The number of amides is 2. The second kappa shape index (κ2) is 15.2. The number of benzene rings is 5. The predicted octanol–water partition coefficient (Wildman–Crippen LogP) is 4.62. The Morgan fingerprint density at radius 2 is 0.717 bits per heavy atom. The molecule has 5 aromatic rings. The van der Waals surface area contributed by atoms with Crippen molar-refractivity contribution in [2.24, 2.45) is 10.2 Å². The SMILES string of the molecule is O=C(CP(=O)(c1ccccc1)c1ccccc1)N/N=C/c1ccc(/C=N/NC(=O)CP(=O)(c2ccccc2)c2ccccc2)cc1. The fourth-order valence-corrected chi connectivity index (χ4v) is 9.73. The summed E-state index contributed by atoms with van der Waals surface area (Å²) in [6.07, 6.45) is 2.54. The third-order valence-electron chi connectivity index (χ3n) is 7.17. The maximum absolute atomic E-state index is 14.1. The highest BCUT2D eigenvalue weighted by Gasteiger charge is 2.31. The van der Waals surface area contributed by atoms with Gasteiger partial charge in [-0.05, 0) is 11.1 Å². The first-order valence-electron chi connectivity index (χ1n) is 14.5. The summed E-state index contributed by atoms with van der Waals surface area (Å²) in [5.41, 5.74) is 6.40. The second-order valence-corrected chi connectivity index (χ2v) is 16.0. The zero-order valence-electron chi connectivity index (χ0n) is 24.8. The van der Waals surface area contributed by atoms with Gasteiger partial charge in [0.05, 0.1) is 24.8 Å². The van der Waals surface area contributed by atoms with E-state index in [9.17, 15) is 18.7 Å². The molecule has 230 valence electrons. The molecule has 5 rings (SSSR count). The van der Waals surface area contributed by atoms with Crippen molar-refractivity contribution in [3.8, 4) is 0 Å². The number of hydrogen-bond acceptors (Lipinski definition) is 6. The van der Waals surface area contributed by atoms with E-state index < -0.39 is 26.1 Å². The van der Waals surface area contributed by atoms with Gasteiger partial charge in [-0.25, -0.2) is 10.9 Å². The lowest BCUT2D eigenvalue weighted by Crippen LogP contribution is -2.28. The molecule has 0 fully saturated rings. The summed E-state index contributed by atoms with van der Waals surface area (Å²) in [6.45, 7) is 0. The Labute approximate surface area is 268 Å². The van der Waals surface area contributed by atoms with Gasteiger partial charge in [0, 0.05) is 21.2 Å². The van der Waals surface area contributed by atoms with Crippen molar-refractivity contribution in [2.75, 3.05) is 12.3 Å². The van der Waals surface area contributed by atoms with Crippen molar-refractivity contribution in [3.05, 3.63) is 157 Å². The molecule has 0 bridgehead atoms. The molecule has 0 heterocycles. The third kappa shape index (κ3) is 8.10. The van der Waals surface area contributed by atoms with Crippen LogP contribution in [-0.4, -0.2) is 36.6 Å². The van der Waals surface area contributed by atoms with Crippen molar-refractivity contribution in [2.45, 2.75) is 0 Å². The summed E-state index contributed by atoms with van der Waals surface area (Å²) < 4.78 is 28.1. The zero-order valence-corrected chi connectivity index (χ0v) is 26.6. The fourth-order valence-electron chi connectivity index (χ4n) is 4.84. The molecule has 0 saturated heterocycles. The predicted molar refractivity (Wildman–Crippen MR) is 187 cm³/mol. The molecule has 2 N–H and O–H groups in total. The molecule has 0 aromatic heterocycles.